The molecule has 0 unspecified atom stereocenters. The SMILES string of the molecule is CCC(CC)n1ncc(CCCN)c1C. The van der Waals surface area contributed by atoms with Crippen LogP contribution in [0.2, 0.25) is 0 Å². The number of rotatable bonds is 6. The number of hydrogen-bond acceptors (Lipinski definition) is 2. The summed E-state index contributed by atoms with van der Waals surface area (Å²) in [6.45, 7) is 7.36. The van der Waals surface area contributed by atoms with Crippen molar-refractivity contribution >= 4 is 0 Å². The third-order valence-corrected chi connectivity index (χ3v) is 3.08. The molecule has 1 aromatic heterocycles. The van der Waals surface area contributed by atoms with Gasteiger partial charge in [-0.05, 0) is 44.7 Å². The van der Waals surface area contributed by atoms with Gasteiger partial charge in [0.1, 0.15) is 0 Å². The monoisotopic (exact) mass is 209 g/mol. The topological polar surface area (TPSA) is 43.8 Å². The molecule has 0 saturated carbocycles. The first kappa shape index (κ1) is 12.2. The van der Waals surface area contributed by atoms with E-state index in [0.717, 1.165) is 32.2 Å². The lowest BCUT2D eigenvalue weighted by atomic mass is 10.1. The summed E-state index contributed by atoms with van der Waals surface area (Å²) < 4.78 is 2.17. The van der Waals surface area contributed by atoms with Gasteiger partial charge >= 0.3 is 0 Å². The summed E-state index contributed by atoms with van der Waals surface area (Å²) in [5.41, 5.74) is 8.19. The van der Waals surface area contributed by atoms with Crippen molar-refractivity contribution in [2.45, 2.75) is 52.5 Å². The van der Waals surface area contributed by atoms with Gasteiger partial charge in [-0.2, -0.15) is 5.10 Å². The fourth-order valence-corrected chi connectivity index (χ4v) is 2.00. The van der Waals surface area contributed by atoms with Crippen LogP contribution in [0, 0.1) is 6.92 Å². The maximum absolute atomic E-state index is 5.52. The van der Waals surface area contributed by atoms with E-state index in [0.29, 0.717) is 6.04 Å². The van der Waals surface area contributed by atoms with Gasteiger partial charge < -0.3 is 5.73 Å². The summed E-state index contributed by atoms with van der Waals surface area (Å²) in [4.78, 5) is 0. The van der Waals surface area contributed by atoms with Crippen molar-refractivity contribution in [3.05, 3.63) is 17.5 Å². The van der Waals surface area contributed by atoms with E-state index < -0.39 is 0 Å². The van der Waals surface area contributed by atoms with E-state index in [1.165, 1.54) is 11.3 Å². The lowest BCUT2D eigenvalue weighted by molar-refractivity contribution is 0.419. The first-order valence-corrected chi connectivity index (χ1v) is 5.97. The second kappa shape index (κ2) is 5.91. The molecule has 0 bridgehead atoms. The van der Waals surface area contributed by atoms with E-state index in [1.807, 2.05) is 6.20 Å². The van der Waals surface area contributed by atoms with Gasteiger partial charge in [0.05, 0.1) is 12.2 Å². The average Bonchev–Trinajstić information content (AvgIpc) is 2.60. The van der Waals surface area contributed by atoms with Crippen LogP contribution in [0.4, 0.5) is 0 Å². The van der Waals surface area contributed by atoms with Crippen molar-refractivity contribution < 1.29 is 0 Å². The lowest BCUT2D eigenvalue weighted by Crippen LogP contribution is -2.10. The maximum atomic E-state index is 5.52. The summed E-state index contributed by atoms with van der Waals surface area (Å²) >= 11 is 0. The molecule has 0 aliphatic rings. The van der Waals surface area contributed by atoms with Crippen molar-refractivity contribution in [2.75, 3.05) is 6.54 Å². The van der Waals surface area contributed by atoms with Crippen LogP contribution < -0.4 is 5.73 Å². The predicted octanol–water partition coefficient (Wildman–Crippen LogP) is 2.44. The highest BCUT2D eigenvalue weighted by atomic mass is 15.3. The molecule has 0 aliphatic carbocycles. The fourth-order valence-electron chi connectivity index (χ4n) is 2.00. The van der Waals surface area contributed by atoms with E-state index in [4.69, 9.17) is 5.73 Å². The molecule has 0 aromatic carbocycles. The molecule has 0 atom stereocenters. The van der Waals surface area contributed by atoms with Crippen LogP contribution >= 0.6 is 0 Å². The minimum absolute atomic E-state index is 0.552. The Balaban J connectivity index is 2.78. The van der Waals surface area contributed by atoms with E-state index in [2.05, 4.69) is 30.6 Å². The summed E-state index contributed by atoms with van der Waals surface area (Å²) in [6.07, 6.45) is 6.41. The fraction of sp³-hybridized carbons (Fsp3) is 0.750. The Morgan fingerprint density at radius 2 is 2.07 bits per heavy atom. The molecule has 0 saturated heterocycles. The minimum atomic E-state index is 0.552. The van der Waals surface area contributed by atoms with Gasteiger partial charge in [0.15, 0.2) is 0 Å². The van der Waals surface area contributed by atoms with Crippen molar-refractivity contribution in [3.8, 4) is 0 Å². The van der Waals surface area contributed by atoms with Crippen LogP contribution in [-0.4, -0.2) is 16.3 Å². The summed E-state index contributed by atoms with van der Waals surface area (Å²) in [5, 5.41) is 4.49. The average molecular weight is 209 g/mol. The van der Waals surface area contributed by atoms with Crippen molar-refractivity contribution in [3.63, 3.8) is 0 Å². The molecule has 3 nitrogen and oxygen atoms in total. The van der Waals surface area contributed by atoms with Gasteiger partial charge in [0.25, 0.3) is 0 Å². The van der Waals surface area contributed by atoms with Crippen LogP contribution in [0.25, 0.3) is 0 Å². The molecule has 3 heteroatoms. The number of nitrogens with two attached hydrogens (primary N) is 1. The number of aryl methyl sites for hydroxylation is 1. The normalized spacial score (nSPS) is 11.3. The zero-order chi connectivity index (χ0) is 11.3. The Kier molecular flexibility index (Phi) is 4.82. The molecule has 15 heavy (non-hydrogen) atoms. The zero-order valence-electron chi connectivity index (χ0n) is 10.2. The molecule has 0 spiro atoms. The second-order valence-corrected chi connectivity index (χ2v) is 4.06. The van der Waals surface area contributed by atoms with Crippen molar-refractivity contribution in [1.29, 1.82) is 0 Å². The molecule has 0 fully saturated rings. The van der Waals surface area contributed by atoms with Crippen LogP contribution in [0.3, 0.4) is 0 Å². The Morgan fingerprint density at radius 1 is 1.40 bits per heavy atom. The Morgan fingerprint density at radius 3 is 2.60 bits per heavy atom. The van der Waals surface area contributed by atoms with Crippen LogP contribution in [0.15, 0.2) is 6.20 Å². The van der Waals surface area contributed by atoms with E-state index >= 15 is 0 Å². The second-order valence-electron chi connectivity index (χ2n) is 4.06. The number of hydrogen-bond donors (Lipinski definition) is 1. The zero-order valence-corrected chi connectivity index (χ0v) is 10.2. The molecule has 0 aliphatic heterocycles. The van der Waals surface area contributed by atoms with E-state index in [9.17, 15) is 0 Å². The summed E-state index contributed by atoms with van der Waals surface area (Å²) in [7, 11) is 0. The Bertz CT molecular complexity index is 287. The van der Waals surface area contributed by atoms with Gasteiger partial charge in [0.2, 0.25) is 0 Å². The van der Waals surface area contributed by atoms with Gasteiger partial charge in [-0.3, -0.25) is 4.68 Å². The smallest absolute Gasteiger partial charge is 0.0524 e. The molecular weight excluding hydrogens is 186 g/mol. The van der Waals surface area contributed by atoms with Gasteiger partial charge in [0, 0.05) is 5.69 Å². The standard InChI is InChI=1S/C12H23N3/c1-4-12(5-2)15-10(3)11(9-14-15)7-6-8-13/h9,12H,4-8,13H2,1-3H3. The molecule has 0 radical (unpaired) electrons. The Hall–Kier alpha value is -0.830. The molecule has 1 rings (SSSR count). The number of aromatic nitrogens is 2. The highest BCUT2D eigenvalue weighted by Gasteiger charge is 2.12. The Labute approximate surface area is 92.7 Å². The highest BCUT2D eigenvalue weighted by molar-refractivity contribution is 5.16. The van der Waals surface area contributed by atoms with E-state index in [1.54, 1.807) is 0 Å². The van der Waals surface area contributed by atoms with Crippen LogP contribution in [0.1, 0.15) is 50.4 Å². The van der Waals surface area contributed by atoms with Gasteiger partial charge in [-0.15, -0.1) is 0 Å². The highest BCUT2D eigenvalue weighted by Crippen LogP contribution is 2.19. The molecule has 86 valence electrons. The van der Waals surface area contributed by atoms with Gasteiger partial charge in [-0.25, -0.2) is 0 Å². The first-order chi connectivity index (χ1) is 7.24. The summed E-state index contributed by atoms with van der Waals surface area (Å²) in [5.74, 6) is 0. The third-order valence-electron chi connectivity index (χ3n) is 3.08. The predicted molar refractivity (Wildman–Crippen MR) is 64.0 cm³/mol. The first-order valence-electron chi connectivity index (χ1n) is 5.97. The molecule has 0 amide bonds. The van der Waals surface area contributed by atoms with Crippen molar-refractivity contribution in [1.82, 2.24) is 9.78 Å². The third kappa shape index (κ3) is 2.81. The minimum Gasteiger partial charge on any atom is -0.330 e. The van der Waals surface area contributed by atoms with Crippen molar-refractivity contribution in [2.24, 2.45) is 5.73 Å². The summed E-state index contributed by atoms with van der Waals surface area (Å²) in [6, 6.07) is 0.552. The van der Waals surface area contributed by atoms with Crippen LogP contribution in [-0.2, 0) is 6.42 Å². The lowest BCUT2D eigenvalue weighted by Gasteiger charge is -2.15. The van der Waals surface area contributed by atoms with Crippen LogP contribution in [0.5, 0.6) is 0 Å². The maximum Gasteiger partial charge on any atom is 0.0524 e. The van der Waals surface area contributed by atoms with Gasteiger partial charge in [-0.1, -0.05) is 13.8 Å². The van der Waals surface area contributed by atoms with E-state index in [-0.39, 0.29) is 0 Å². The molecule has 1 aromatic rings. The molecular formula is C12H23N3. The molecule has 2 N–H and O–H groups in total. The number of nitrogens with zero attached hydrogens (tertiary/aromatic N) is 2. The molecule has 1 heterocycles. The quantitative estimate of drug-likeness (QED) is 0.782. The largest absolute Gasteiger partial charge is 0.330 e.